The van der Waals surface area contributed by atoms with Gasteiger partial charge < -0.3 is 10.2 Å². The Labute approximate surface area is 62.6 Å². The molecule has 0 radical (unpaired) electrons. The Kier molecular flexibility index (Phi) is 1.29. The molecule has 0 aromatic rings. The van der Waals surface area contributed by atoms with Crippen molar-refractivity contribution in [1.29, 1.82) is 0 Å². The van der Waals surface area contributed by atoms with Crippen molar-refractivity contribution >= 4 is 0 Å². The first-order valence-corrected chi connectivity index (χ1v) is 4.13. The van der Waals surface area contributed by atoms with E-state index in [9.17, 15) is 0 Å². The SMILES string of the molecule is CN1CC[C@@]2(C)CNC[C@@H]12. The Balaban J connectivity index is 2.19. The summed E-state index contributed by atoms with van der Waals surface area (Å²) in [7, 11) is 2.24. The number of nitrogens with one attached hydrogen (secondary N) is 1. The van der Waals surface area contributed by atoms with Crippen molar-refractivity contribution in [3.05, 3.63) is 0 Å². The van der Waals surface area contributed by atoms with Gasteiger partial charge in [0.2, 0.25) is 0 Å². The lowest BCUT2D eigenvalue weighted by Gasteiger charge is -2.24. The zero-order chi connectivity index (χ0) is 7.19. The van der Waals surface area contributed by atoms with Crippen LogP contribution < -0.4 is 5.32 Å². The minimum atomic E-state index is 0.592. The number of likely N-dealkylation sites (tertiary alicyclic amines) is 1. The van der Waals surface area contributed by atoms with Gasteiger partial charge in [-0.2, -0.15) is 0 Å². The maximum Gasteiger partial charge on any atom is 0.0283 e. The van der Waals surface area contributed by atoms with Gasteiger partial charge in [-0.1, -0.05) is 6.92 Å². The van der Waals surface area contributed by atoms with Crippen molar-refractivity contribution in [2.45, 2.75) is 19.4 Å². The Morgan fingerprint density at radius 3 is 3.10 bits per heavy atom. The van der Waals surface area contributed by atoms with Gasteiger partial charge in [-0.25, -0.2) is 0 Å². The molecule has 2 atom stereocenters. The average molecular weight is 140 g/mol. The topological polar surface area (TPSA) is 15.3 Å². The summed E-state index contributed by atoms with van der Waals surface area (Å²) in [6, 6.07) is 0.812. The molecular weight excluding hydrogens is 124 g/mol. The number of rotatable bonds is 0. The Morgan fingerprint density at radius 2 is 2.40 bits per heavy atom. The van der Waals surface area contributed by atoms with E-state index in [1.807, 2.05) is 0 Å². The first-order valence-electron chi connectivity index (χ1n) is 4.13. The molecule has 0 aromatic heterocycles. The molecule has 0 aromatic carbocycles. The van der Waals surface area contributed by atoms with Crippen LogP contribution in [0.2, 0.25) is 0 Å². The molecule has 2 heteroatoms. The summed E-state index contributed by atoms with van der Waals surface area (Å²) in [5.41, 5.74) is 0.592. The zero-order valence-electron chi connectivity index (χ0n) is 6.85. The monoisotopic (exact) mass is 140 g/mol. The summed E-state index contributed by atoms with van der Waals surface area (Å²) < 4.78 is 0. The molecule has 0 spiro atoms. The second-order valence-electron chi connectivity index (χ2n) is 4.03. The van der Waals surface area contributed by atoms with Crippen LogP contribution in [0.1, 0.15) is 13.3 Å². The summed E-state index contributed by atoms with van der Waals surface area (Å²) in [6.45, 7) is 6.12. The lowest BCUT2D eigenvalue weighted by Crippen LogP contribution is -2.34. The van der Waals surface area contributed by atoms with Gasteiger partial charge in [0.25, 0.3) is 0 Å². The number of hydrogen-bond donors (Lipinski definition) is 1. The molecule has 2 fully saturated rings. The van der Waals surface area contributed by atoms with Crippen molar-refractivity contribution in [3.63, 3.8) is 0 Å². The normalized spacial score (nSPS) is 48.0. The van der Waals surface area contributed by atoms with Gasteiger partial charge in [-0.05, 0) is 25.4 Å². The molecule has 2 saturated heterocycles. The van der Waals surface area contributed by atoms with Crippen LogP contribution in [0.5, 0.6) is 0 Å². The van der Waals surface area contributed by atoms with Gasteiger partial charge in [0, 0.05) is 19.1 Å². The number of nitrogens with zero attached hydrogens (tertiary/aromatic N) is 1. The number of hydrogen-bond acceptors (Lipinski definition) is 2. The highest BCUT2D eigenvalue weighted by molar-refractivity contribution is 5.01. The van der Waals surface area contributed by atoms with Crippen LogP contribution in [0, 0.1) is 5.41 Å². The quantitative estimate of drug-likeness (QED) is 0.520. The first kappa shape index (κ1) is 6.62. The van der Waals surface area contributed by atoms with E-state index in [2.05, 4.69) is 24.2 Å². The highest BCUT2D eigenvalue weighted by atomic mass is 15.2. The molecule has 0 unspecified atom stereocenters. The van der Waals surface area contributed by atoms with Crippen LogP contribution in [0.25, 0.3) is 0 Å². The molecule has 2 heterocycles. The summed E-state index contributed by atoms with van der Waals surface area (Å²) in [5, 5.41) is 3.45. The van der Waals surface area contributed by atoms with Gasteiger partial charge in [0.05, 0.1) is 0 Å². The van der Waals surface area contributed by atoms with E-state index in [-0.39, 0.29) is 0 Å². The second-order valence-corrected chi connectivity index (χ2v) is 4.03. The van der Waals surface area contributed by atoms with Gasteiger partial charge in [-0.3, -0.25) is 0 Å². The third-order valence-electron chi connectivity index (χ3n) is 3.24. The summed E-state index contributed by atoms with van der Waals surface area (Å²) in [6.07, 6.45) is 1.38. The standard InChI is InChI=1S/C8H16N2/c1-8-3-4-10(2)7(8)5-9-6-8/h7,9H,3-6H2,1-2H3/t7-,8+/m1/s1. The van der Waals surface area contributed by atoms with Crippen molar-refractivity contribution in [2.75, 3.05) is 26.7 Å². The van der Waals surface area contributed by atoms with Crippen LogP contribution in [0.15, 0.2) is 0 Å². The molecule has 2 rings (SSSR count). The van der Waals surface area contributed by atoms with Crippen molar-refractivity contribution in [1.82, 2.24) is 10.2 Å². The lowest BCUT2D eigenvalue weighted by molar-refractivity contribution is 0.252. The van der Waals surface area contributed by atoms with Gasteiger partial charge >= 0.3 is 0 Å². The minimum absolute atomic E-state index is 0.592. The van der Waals surface area contributed by atoms with Crippen molar-refractivity contribution in [2.24, 2.45) is 5.41 Å². The van der Waals surface area contributed by atoms with E-state index < -0.39 is 0 Å². The molecule has 2 nitrogen and oxygen atoms in total. The zero-order valence-corrected chi connectivity index (χ0v) is 6.85. The summed E-state index contributed by atoms with van der Waals surface area (Å²) >= 11 is 0. The highest BCUT2D eigenvalue weighted by Gasteiger charge is 2.45. The maximum absolute atomic E-state index is 3.45. The van der Waals surface area contributed by atoms with Crippen LogP contribution in [-0.4, -0.2) is 37.6 Å². The van der Waals surface area contributed by atoms with Gasteiger partial charge in [-0.15, -0.1) is 0 Å². The molecule has 58 valence electrons. The van der Waals surface area contributed by atoms with Gasteiger partial charge in [0.1, 0.15) is 0 Å². The third-order valence-corrected chi connectivity index (χ3v) is 3.24. The van der Waals surface area contributed by atoms with Crippen molar-refractivity contribution < 1.29 is 0 Å². The molecule has 0 aliphatic carbocycles. The van der Waals surface area contributed by atoms with E-state index >= 15 is 0 Å². The molecule has 10 heavy (non-hydrogen) atoms. The molecule has 2 aliphatic rings. The maximum atomic E-state index is 3.45. The smallest absolute Gasteiger partial charge is 0.0283 e. The Hall–Kier alpha value is -0.0800. The fraction of sp³-hybridized carbons (Fsp3) is 1.00. The fourth-order valence-corrected chi connectivity index (χ4v) is 2.39. The molecule has 0 amide bonds. The van der Waals surface area contributed by atoms with Crippen LogP contribution in [0.3, 0.4) is 0 Å². The molecule has 0 bridgehead atoms. The lowest BCUT2D eigenvalue weighted by atomic mass is 9.86. The second kappa shape index (κ2) is 1.95. The molecular formula is C8H16N2. The number of fused-ring (bicyclic) bond motifs is 1. The van der Waals surface area contributed by atoms with Crippen molar-refractivity contribution in [3.8, 4) is 0 Å². The summed E-state index contributed by atoms with van der Waals surface area (Å²) in [5.74, 6) is 0. The third kappa shape index (κ3) is 0.722. The van der Waals surface area contributed by atoms with E-state index in [0.717, 1.165) is 6.04 Å². The average Bonchev–Trinajstić information content (AvgIpc) is 2.35. The summed E-state index contributed by atoms with van der Waals surface area (Å²) in [4.78, 5) is 2.49. The predicted molar refractivity (Wildman–Crippen MR) is 42.0 cm³/mol. The van der Waals surface area contributed by atoms with E-state index in [1.54, 1.807) is 0 Å². The van der Waals surface area contributed by atoms with E-state index in [1.165, 1.54) is 26.1 Å². The van der Waals surface area contributed by atoms with Crippen LogP contribution >= 0.6 is 0 Å². The van der Waals surface area contributed by atoms with Crippen LogP contribution in [-0.2, 0) is 0 Å². The molecule has 0 saturated carbocycles. The Bertz CT molecular complexity index is 146. The molecule has 1 N–H and O–H groups in total. The van der Waals surface area contributed by atoms with Gasteiger partial charge in [0.15, 0.2) is 0 Å². The number of likely N-dealkylation sites (N-methyl/N-ethyl adjacent to an activating group) is 1. The largest absolute Gasteiger partial charge is 0.315 e. The first-order chi connectivity index (χ1) is 4.72. The molecule has 2 aliphatic heterocycles. The van der Waals surface area contributed by atoms with E-state index in [4.69, 9.17) is 0 Å². The van der Waals surface area contributed by atoms with E-state index in [0.29, 0.717) is 5.41 Å². The minimum Gasteiger partial charge on any atom is -0.315 e. The predicted octanol–water partition coefficient (Wildman–Crippen LogP) is 0.300. The Morgan fingerprint density at radius 1 is 1.60 bits per heavy atom. The fourth-order valence-electron chi connectivity index (χ4n) is 2.39. The highest BCUT2D eigenvalue weighted by Crippen LogP contribution is 2.37. The van der Waals surface area contributed by atoms with Crippen LogP contribution in [0.4, 0.5) is 0 Å².